The number of benzene rings is 1. The number of carbonyl (C=O) groups is 2. The molecule has 2 atom stereocenters. The Bertz CT molecular complexity index is 816. The Hall–Kier alpha value is -2.12. The average molecular weight is 490 g/mol. The summed E-state index contributed by atoms with van der Waals surface area (Å²) < 4.78 is 0. The standard InChI is InChI=1S/C28H47N3O4/c1-7-8-9-18-30(31-23(20-27(2,3)4)15-16-24(31)25(33)34)22-13-11-21(12-14-22)28(5,6)26(35)29-17-10-19-32/h11-14,23-24,32H,7-10,15-20H2,1-6H3,(H,29,35)(H,33,34). The van der Waals surface area contributed by atoms with E-state index in [1.165, 1.54) is 0 Å². The first-order chi connectivity index (χ1) is 16.4. The molecule has 3 N–H and O–H groups in total. The highest BCUT2D eigenvalue weighted by Crippen LogP contribution is 2.37. The van der Waals surface area contributed by atoms with E-state index in [0.717, 1.165) is 49.9 Å². The molecule has 1 aliphatic rings. The molecule has 0 saturated carbocycles. The predicted octanol–water partition coefficient (Wildman–Crippen LogP) is 4.73. The second-order valence-electron chi connectivity index (χ2n) is 11.6. The van der Waals surface area contributed by atoms with Crippen molar-refractivity contribution in [3.8, 4) is 0 Å². The van der Waals surface area contributed by atoms with Gasteiger partial charge in [-0.2, -0.15) is 0 Å². The maximum absolute atomic E-state index is 12.8. The third-order valence-corrected chi connectivity index (χ3v) is 6.93. The fourth-order valence-corrected chi connectivity index (χ4v) is 4.95. The van der Waals surface area contributed by atoms with Gasteiger partial charge in [-0.1, -0.05) is 52.7 Å². The highest BCUT2D eigenvalue weighted by molar-refractivity contribution is 5.87. The monoisotopic (exact) mass is 489 g/mol. The van der Waals surface area contributed by atoms with Crippen LogP contribution in [0.3, 0.4) is 0 Å². The summed E-state index contributed by atoms with van der Waals surface area (Å²) in [5.74, 6) is -0.839. The number of hydrogen-bond acceptors (Lipinski definition) is 5. The Morgan fingerprint density at radius 1 is 1.06 bits per heavy atom. The van der Waals surface area contributed by atoms with E-state index in [9.17, 15) is 14.7 Å². The molecule has 2 unspecified atom stereocenters. The van der Waals surface area contributed by atoms with Crippen LogP contribution in [0.15, 0.2) is 24.3 Å². The molecular weight excluding hydrogens is 442 g/mol. The van der Waals surface area contributed by atoms with Gasteiger partial charge >= 0.3 is 5.97 Å². The van der Waals surface area contributed by atoms with Crippen LogP contribution in [-0.4, -0.2) is 58.9 Å². The Morgan fingerprint density at radius 2 is 1.71 bits per heavy atom. The molecule has 0 bridgehead atoms. The molecule has 1 saturated heterocycles. The van der Waals surface area contributed by atoms with Crippen LogP contribution in [0.5, 0.6) is 0 Å². The van der Waals surface area contributed by atoms with E-state index in [4.69, 9.17) is 5.11 Å². The number of aliphatic carboxylic acids is 1. The van der Waals surface area contributed by atoms with Gasteiger partial charge in [-0.3, -0.25) is 9.59 Å². The smallest absolute Gasteiger partial charge is 0.322 e. The van der Waals surface area contributed by atoms with E-state index in [1.54, 1.807) is 0 Å². The number of aliphatic hydroxyl groups is 1. The number of hydrazine groups is 1. The van der Waals surface area contributed by atoms with Crippen LogP contribution in [0.1, 0.15) is 92.1 Å². The highest BCUT2D eigenvalue weighted by Gasteiger charge is 2.43. The first kappa shape index (κ1) is 29.1. The molecule has 1 heterocycles. The molecule has 7 nitrogen and oxygen atoms in total. The first-order valence-corrected chi connectivity index (χ1v) is 13.2. The first-order valence-electron chi connectivity index (χ1n) is 13.2. The quantitative estimate of drug-likeness (QED) is 0.347. The SMILES string of the molecule is CCCCCN(c1ccc(C(C)(C)C(=O)NCCCO)cc1)N1C(CC(C)(C)C)CCC1C(=O)O. The second-order valence-corrected chi connectivity index (χ2v) is 11.6. The molecule has 1 aromatic rings. The van der Waals surface area contributed by atoms with Gasteiger partial charge in [-0.05, 0) is 69.1 Å². The minimum atomic E-state index is -0.765. The number of unbranched alkanes of at least 4 members (excludes halogenated alkanes) is 2. The van der Waals surface area contributed by atoms with E-state index in [1.807, 2.05) is 38.1 Å². The van der Waals surface area contributed by atoms with Crippen molar-refractivity contribution in [3.63, 3.8) is 0 Å². The van der Waals surface area contributed by atoms with Crippen LogP contribution in [0.2, 0.25) is 0 Å². The van der Waals surface area contributed by atoms with E-state index in [0.29, 0.717) is 19.4 Å². The Balaban J connectivity index is 2.35. The van der Waals surface area contributed by atoms with Crippen molar-refractivity contribution in [2.24, 2.45) is 5.41 Å². The second kappa shape index (κ2) is 12.7. The molecule has 1 aliphatic heterocycles. The summed E-state index contributed by atoms with van der Waals surface area (Å²) in [7, 11) is 0. The third-order valence-electron chi connectivity index (χ3n) is 6.93. The summed E-state index contributed by atoms with van der Waals surface area (Å²) in [6, 6.07) is 7.66. The van der Waals surface area contributed by atoms with Crippen LogP contribution in [-0.2, 0) is 15.0 Å². The number of anilines is 1. The summed E-state index contributed by atoms with van der Waals surface area (Å²) >= 11 is 0. The zero-order chi connectivity index (χ0) is 26.2. The van der Waals surface area contributed by atoms with Gasteiger partial charge in [0, 0.05) is 25.7 Å². The molecule has 0 radical (unpaired) electrons. The molecule has 35 heavy (non-hydrogen) atoms. The summed E-state index contributed by atoms with van der Waals surface area (Å²) in [6.45, 7) is 13.9. The Morgan fingerprint density at radius 3 is 2.26 bits per heavy atom. The normalized spacial score (nSPS) is 19.1. The van der Waals surface area contributed by atoms with Crippen molar-refractivity contribution >= 4 is 17.6 Å². The predicted molar refractivity (Wildman–Crippen MR) is 141 cm³/mol. The topological polar surface area (TPSA) is 93.1 Å². The molecule has 198 valence electrons. The Kier molecular flexibility index (Phi) is 10.6. The van der Waals surface area contributed by atoms with Gasteiger partial charge in [-0.15, -0.1) is 0 Å². The lowest BCUT2D eigenvalue weighted by atomic mass is 9.83. The van der Waals surface area contributed by atoms with Crippen molar-refractivity contribution in [3.05, 3.63) is 29.8 Å². The largest absolute Gasteiger partial charge is 0.480 e. The van der Waals surface area contributed by atoms with Crippen LogP contribution in [0, 0.1) is 5.41 Å². The van der Waals surface area contributed by atoms with Crippen LogP contribution in [0.4, 0.5) is 5.69 Å². The van der Waals surface area contributed by atoms with Crippen molar-refractivity contribution < 1.29 is 19.8 Å². The van der Waals surface area contributed by atoms with E-state index in [-0.39, 0.29) is 24.0 Å². The summed E-state index contributed by atoms with van der Waals surface area (Å²) in [5, 5.41) is 26.2. The minimum absolute atomic E-state index is 0.0489. The fourth-order valence-electron chi connectivity index (χ4n) is 4.95. The maximum atomic E-state index is 12.8. The number of amides is 1. The molecule has 0 aromatic heterocycles. The number of aliphatic hydroxyl groups excluding tert-OH is 1. The van der Waals surface area contributed by atoms with Gasteiger partial charge < -0.3 is 20.5 Å². The number of carboxylic acid groups (broad SMARTS) is 1. The summed E-state index contributed by atoms with van der Waals surface area (Å²) in [5.41, 5.74) is 1.25. The van der Waals surface area contributed by atoms with Gasteiger partial charge in [0.15, 0.2) is 0 Å². The van der Waals surface area contributed by atoms with E-state index < -0.39 is 17.4 Å². The molecule has 1 aromatic carbocycles. The van der Waals surface area contributed by atoms with Crippen LogP contribution in [0.25, 0.3) is 0 Å². The lowest BCUT2D eigenvalue weighted by Crippen LogP contribution is -2.53. The van der Waals surface area contributed by atoms with Gasteiger partial charge in [0.1, 0.15) is 6.04 Å². The van der Waals surface area contributed by atoms with Gasteiger partial charge in [0.2, 0.25) is 5.91 Å². The van der Waals surface area contributed by atoms with Crippen LogP contribution < -0.4 is 10.3 Å². The van der Waals surface area contributed by atoms with Gasteiger partial charge in [0.25, 0.3) is 0 Å². The average Bonchev–Trinajstić information content (AvgIpc) is 3.18. The number of hydrogen-bond donors (Lipinski definition) is 3. The number of nitrogens with zero attached hydrogens (tertiary/aromatic N) is 2. The van der Waals surface area contributed by atoms with Crippen molar-refractivity contribution in [1.29, 1.82) is 0 Å². The van der Waals surface area contributed by atoms with Gasteiger partial charge in [-0.25, -0.2) is 5.01 Å². The molecule has 2 rings (SSSR count). The van der Waals surface area contributed by atoms with E-state index in [2.05, 4.69) is 43.0 Å². The van der Waals surface area contributed by atoms with Crippen LogP contribution >= 0.6 is 0 Å². The number of rotatable bonds is 13. The lowest BCUT2D eigenvalue weighted by molar-refractivity contribution is -0.143. The van der Waals surface area contributed by atoms with Crippen molar-refractivity contribution in [2.75, 3.05) is 24.7 Å². The van der Waals surface area contributed by atoms with Crippen molar-refractivity contribution in [1.82, 2.24) is 10.3 Å². The molecule has 7 heteroatoms. The fraction of sp³-hybridized carbons (Fsp3) is 0.714. The summed E-state index contributed by atoms with van der Waals surface area (Å²) in [6.07, 6.45) is 6.16. The highest BCUT2D eigenvalue weighted by atomic mass is 16.4. The molecule has 0 aliphatic carbocycles. The number of carboxylic acids is 1. The number of nitrogens with one attached hydrogen (secondary N) is 1. The zero-order valence-electron chi connectivity index (χ0n) is 22.6. The summed E-state index contributed by atoms with van der Waals surface area (Å²) in [4.78, 5) is 25.0. The Labute approximate surface area is 211 Å². The molecule has 1 fully saturated rings. The van der Waals surface area contributed by atoms with E-state index >= 15 is 0 Å². The minimum Gasteiger partial charge on any atom is -0.480 e. The zero-order valence-corrected chi connectivity index (χ0v) is 22.6. The number of carbonyl (C=O) groups excluding carboxylic acids is 1. The molecule has 1 amide bonds. The third kappa shape index (κ3) is 7.94. The molecular formula is C28H47N3O4. The van der Waals surface area contributed by atoms with Gasteiger partial charge in [0.05, 0.1) is 11.1 Å². The molecule has 0 spiro atoms. The van der Waals surface area contributed by atoms with Crippen molar-refractivity contribution in [2.45, 2.75) is 104 Å². The maximum Gasteiger partial charge on any atom is 0.322 e. The lowest BCUT2D eigenvalue weighted by Gasteiger charge is -2.42.